The third kappa shape index (κ3) is 4.12. The summed E-state index contributed by atoms with van der Waals surface area (Å²) in [7, 11) is 0. The normalized spacial score (nSPS) is 12.8. The first-order valence-electron chi connectivity index (χ1n) is 8.19. The molecule has 0 radical (unpaired) electrons. The van der Waals surface area contributed by atoms with Crippen LogP contribution < -0.4 is 0 Å². The number of hydrogen-bond acceptors (Lipinski definition) is 4. The van der Waals surface area contributed by atoms with Gasteiger partial charge in [-0.1, -0.05) is 43.7 Å². The fourth-order valence-corrected chi connectivity index (χ4v) is 3.06. The van der Waals surface area contributed by atoms with E-state index in [-0.39, 0.29) is 25.0 Å². The van der Waals surface area contributed by atoms with Crippen molar-refractivity contribution in [3.05, 3.63) is 35.4 Å². The predicted molar refractivity (Wildman–Crippen MR) is 90.1 cm³/mol. The van der Waals surface area contributed by atoms with Crippen molar-refractivity contribution in [1.82, 2.24) is 0 Å². The molecular weight excluding hydrogens is 292 g/mol. The summed E-state index contributed by atoms with van der Waals surface area (Å²) in [4.78, 5) is 25.3. The summed E-state index contributed by atoms with van der Waals surface area (Å²) in [5.41, 5.74) is 0.703. The van der Waals surface area contributed by atoms with Crippen LogP contribution >= 0.6 is 0 Å². The first kappa shape index (κ1) is 19.2. The molecule has 0 heterocycles. The van der Waals surface area contributed by atoms with Crippen molar-refractivity contribution in [2.45, 2.75) is 47.5 Å². The Bertz CT molecular complexity index is 513. The Hall–Kier alpha value is -1.84. The van der Waals surface area contributed by atoms with Crippen LogP contribution in [0.4, 0.5) is 0 Å². The summed E-state index contributed by atoms with van der Waals surface area (Å²) >= 11 is 0. The molecular formula is C19H28O4. The molecule has 1 unspecified atom stereocenters. The van der Waals surface area contributed by atoms with E-state index < -0.39 is 17.4 Å². The minimum Gasteiger partial charge on any atom is -0.465 e. The molecule has 0 aliphatic heterocycles. The zero-order chi connectivity index (χ0) is 17.6. The van der Waals surface area contributed by atoms with E-state index in [1.54, 1.807) is 20.8 Å². The fraction of sp³-hybridized carbons (Fsp3) is 0.579. The number of carbonyl (C=O) groups excluding carboxylic acids is 2. The van der Waals surface area contributed by atoms with Gasteiger partial charge < -0.3 is 9.47 Å². The minimum absolute atomic E-state index is 0.0662. The van der Waals surface area contributed by atoms with E-state index in [1.807, 2.05) is 45.0 Å². The van der Waals surface area contributed by atoms with Gasteiger partial charge in [-0.05, 0) is 39.2 Å². The summed E-state index contributed by atoms with van der Waals surface area (Å²) in [6, 6.07) is 7.91. The third-order valence-corrected chi connectivity index (χ3v) is 4.12. The van der Waals surface area contributed by atoms with Gasteiger partial charge in [0.25, 0.3) is 0 Å². The highest BCUT2D eigenvalue weighted by Gasteiger charge is 2.52. The average molecular weight is 320 g/mol. The van der Waals surface area contributed by atoms with E-state index in [2.05, 4.69) is 0 Å². The summed E-state index contributed by atoms with van der Waals surface area (Å²) in [5, 5.41) is 0. The molecule has 0 spiro atoms. The second kappa shape index (κ2) is 8.14. The molecule has 0 N–H and O–H groups in total. The van der Waals surface area contributed by atoms with Crippen LogP contribution in [-0.2, 0) is 19.1 Å². The summed E-state index contributed by atoms with van der Waals surface area (Å²) in [6.45, 7) is 11.6. The highest BCUT2D eigenvalue weighted by Crippen LogP contribution is 2.43. The molecule has 0 bridgehead atoms. The van der Waals surface area contributed by atoms with Gasteiger partial charge in [-0.3, -0.25) is 9.59 Å². The van der Waals surface area contributed by atoms with Crippen LogP contribution in [0, 0.1) is 18.3 Å². The standard InChI is InChI=1S/C19H28O4/c1-7-22-17(20)19(6,18(21)23-8-2)16(13(3)4)15-11-9-14(5)10-12-15/h9-13,16H,7-8H2,1-6H3. The summed E-state index contributed by atoms with van der Waals surface area (Å²) < 4.78 is 10.4. The Morgan fingerprint density at radius 1 is 1.00 bits per heavy atom. The lowest BCUT2D eigenvalue weighted by Gasteiger charge is -2.36. The minimum atomic E-state index is -1.37. The maximum absolute atomic E-state index is 12.6. The number of hydrogen-bond donors (Lipinski definition) is 0. The number of benzene rings is 1. The molecule has 0 saturated carbocycles. The predicted octanol–water partition coefficient (Wildman–Crippen LogP) is 3.87. The maximum atomic E-state index is 12.6. The second-order valence-corrected chi connectivity index (χ2v) is 6.28. The average Bonchev–Trinajstić information content (AvgIpc) is 2.49. The molecule has 23 heavy (non-hydrogen) atoms. The zero-order valence-corrected chi connectivity index (χ0v) is 15.0. The number of ether oxygens (including phenoxy) is 2. The Kier molecular flexibility index (Phi) is 6.79. The molecule has 0 aliphatic rings. The first-order chi connectivity index (χ1) is 10.8. The lowest BCUT2D eigenvalue weighted by Crippen LogP contribution is -2.46. The number of aryl methyl sites for hydroxylation is 1. The Labute approximate surface area is 139 Å². The molecule has 0 amide bonds. The van der Waals surface area contributed by atoms with Gasteiger partial charge in [0.1, 0.15) is 0 Å². The molecule has 0 aromatic heterocycles. The quantitative estimate of drug-likeness (QED) is 0.565. The zero-order valence-electron chi connectivity index (χ0n) is 15.0. The van der Waals surface area contributed by atoms with Gasteiger partial charge >= 0.3 is 11.9 Å². The van der Waals surface area contributed by atoms with Crippen LogP contribution in [0.15, 0.2) is 24.3 Å². The van der Waals surface area contributed by atoms with Gasteiger partial charge in [0, 0.05) is 5.92 Å². The van der Waals surface area contributed by atoms with Crippen LogP contribution in [-0.4, -0.2) is 25.2 Å². The molecule has 4 heteroatoms. The van der Waals surface area contributed by atoms with Gasteiger partial charge in [0.05, 0.1) is 13.2 Å². The maximum Gasteiger partial charge on any atom is 0.323 e. The van der Waals surface area contributed by atoms with Crippen molar-refractivity contribution >= 4 is 11.9 Å². The van der Waals surface area contributed by atoms with E-state index in [0.717, 1.165) is 11.1 Å². The summed E-state index contributed by atoms with van der Waals surface area (Å²) in [6.07, 6.45) is 0. The number of rotatable bonds is 7. The van der Waals surface area contributed by atoms with Crippen molar-refractivity contribution < 1.29 is 19.1 Å². The highest BCUT2D eigenvalue weighted by atomic mass is 16.6. The fourth-order valence-electron chi connectivity index (χ4n) is 3.06. The van der Waals surface area contributed by atoms with E-state index >= 15 is 0 Å². The van der Waals surface area contributed by atoms with Crippen LogP contribution in [0.25, 0.3) is 0 Å². The molecule has 1 rings (SSSR count). The highest BCUT2D eigenvalue weighted by molar-refractivity contribution is 6.00. The van der Waals surface area contributed by atoms with E-state index in [0.29, 0.717) is 0 Å². The lowest BCUT2D eigenvalue weighted by molar-refractivity contribution is -0.173. The van der Waals surface area contributed by atoms with Crippen LogP contribution in [0.2, 0.25) is 0 Å². The van der Waals surface area contributed by atoms with E-state index in [1.165, 1.54) is 0 Å². The Morgan fingerprint density at radius 3 is 1.78 bits per heavy atom. The molecule has 1 atom stereocenters. The number of esters is 2. The third-order valence-electron chi connectivity index (χ3n) is 4.12. The van der Waals surface area contributed by atoms with Gasteiger partial charge in [-0.15, -0.1) is 0 Å². The van der Waals surface area contributed by atoms with Gasteiger partial charge in [0.2, 0.25) is 0 Å². The molecule has 0 fully saturated rings. The topological polar surface area (TPSA) is 52.6 Å². The lowest BCUT2D eigenvalue weighted by atomic mass is 9.68. The van der Waals surface area contributed by atoms with Crippen molar-refractivity contribution in [3.63, 3.8) is 0 Å². The van der Waals surface area contributed by atoms with Crippen LogP contribution in [0.1, 0.15) is 51.7 Å². The Morgan fingerprint density at radius 2 is 1.43 bits per heavy atom. The SMILES string of the molecule is CCOC(=O)C(C)(C(=O)OCC)C(c1ccc(C)cc1)C(C)C. The molecule has 0 saturated heterocycles. The van der Waals surface area contributed by atoms with E-state index in [4.69, 9.17) is 9.47 Å². The van der Waals surface area contributed by atoms with Gasteiger partial charge in [-0.2, -0.15) is 0 Å². The second-order valence-electron chi connectivity index (χ2n) is 6.28. The first-order valence-corrected chi connectivity index (χ1v) is 8.19. The summed E-state index contributed by atoms with van der Waals surface area (Å²) in [5.74, 6) is -1.31. The van der Waals surface area contributed by atoms with E-state index in [9.17, 15) is 9.59 Å². The molecule has 4 nitrogen and oxygen atoms in total. The molecule has 1 aromatic carbocycles. The van der Waals surface area contributed by atoms with Crippen molar-refractivity contribution in [1.29, 1.82) is 0 Å². The number of carbonyl (C=O) groups is 2. The van der Waals surface area contributed by atoms with Crippen molar-refractivity contribution in [2.24, 2.45) is 11.3 Å². The molecule has 0 aliphatic carbocycles. The van der Waals surface area contributed by atoms with Gasteiger partial charge in [-0.25, -0.2) is 0 Å². The molecule has 128 valence electrons. The largest absolute Gasteiger partial charge is 0.465 e. The Balaban J connectivity index is 3.41. The van der Waals surface area contributed by atoms with Crippen LogP contribution in [0.3, 0.4) is 0 Å². The smallest absolute Gasteiger partial charge is 0.323 e. The van der Waals surface area contributed by atoms with Gasteiger partial charge in [0.15, 0.2) is 5.41 Å². The van der Waals surface area contributed by atoms with Crippen molar-refractivity contribution in [2.75, 3.05) is 13.2 Å². The van der Waals surface area contributed by atoms with Crippen molar-refractivity contribution in [3.8, 4) is 0 Å². The van der Waals surface area contributed by atoms with Crippen LogP contribution in [0.5, 0.6) is 0 Å². The molecule has 1 aromatic rings. The monoisotopic (exact) mass is 320 g/mol.